The zero-order valence-corrected chi connectivity index (χ0v) is 11.1. The van der Waals surface area contributed by atoms with E-state index < -0.39 is 0 Å². The third-order valence-corrected chi connectivity index (χ3v) is 3.07. The fourth-order valence-electron chi connectivity index (χ4n) is 2.10. The Morgan fingerprint density at radius 2 is 2.06 bits per heavy atom. The molecule has 0 aromatic heterocycles. The number of rotatable bonds is 6. The Hall–Kier alpha value is -1.26. The Bertz CT molecular complexity index is 381. The molecule has 1 aliphatic rings. The van der Waals surface area contributed by atoms with Crippen molar-refractivity contribution in [1.82, 2.24) is 5.32 Å². The second-order valence-corrected chi connectivity index (χ2v) is 4.23. The Morgan fingerprint density at radius 1 is 1.28 bits per heavy atom. The van der Waals surface area contributed by atoms with E-state index in [-0.39, 0.29) is 6.04 Å². The van der Waals surface area contributed by atoms with Gasteiger partial charge >= 0.3 is 0 Å². The maximum Gasteiger partial charge on any atom is 0.161 e. The first-order valence-corrected chi connectivity index (χ1v) is 6.49. The van der Waals surface area contributed by atoms with Gasteiger partial charge in [0.2, 0.25) is 0 Å². The summed E-state index contributed by atoms with van der Waals surface area (Å²) in [4.78, 5) is 0. The maximum absolute atomic E-state index is 5.60. The number of hydrogen-bond acceptors (Lipinski definition) is 4. The van der Waals surface area contributed by atoms with Crippen LogP contribution in [0.25, 0.3) is 0 Å². The van der Waals surface area contributed by atoms with Crippen LogP contribution in [0.2, 0.25) is 0 Å². The predicted octanol–water partition coefficient (Wildman–Crippen LogP) is 2.14. The van der Waals surface area contributed by atoms with Crippen molar-refractivity contribution < 1.29 is 14.2 Å². The zero-order chi connectivity index (χ0) is 12.8. The van der Waals surface area contributed by atoms with Crippen LogP contribution in [0.4, 0.5) is 0 Å². The minimum Gasteiger partial charge on any atom is -0.486 e. The Labute approximate surface area is 108 Å². The molecule has 0 aliphatic carbocycles. The van der Waals surface area contributed by atoms with Crippen molar-refractivity contribution in [2.75, 3.05) is 33.5 Å². The SMILES string of the molecule is CCOCCC(NC)c1ccc2c(c1)OCCO2. The lowest BCUT2D eigenvalue weighted by Crippen LogP contribution is -2.20. The summed E-state index contributed by atoms with van der Waals surface area (Å²) in [5, 5.41) is 3.31. The first-order chi connectivity index (χ1) is 8.85. The van der Waals surface area contributed by atoms with Gasteiger partial charge in [0.25, 0.3) is 0 Å². The molecule has 18 heavy (non-hydrogen) atoms. The molecule has 1 atom stereocenters. The summed E-state index contributed by atoms with van der Waals surface area (Å²) < 4.78 is 16.5. The molecule has 0 bridgehead atoms. The molecule has 0 radical (unpaired) electrons. The van der Waals surface area contributed by atoms with Gasteiger partial charge in [0, 0.05) is 19.3 Å². The number of nitrogens with one attached hydrogen (secondary N) is 1. The minimum atomic E-state index is 0.285. The first kappa shape index (κ1) is 13.2. The molecule has 0 saturated carbocycles. The summed E-state index contributed by atoms with van der Waals surface area (Å²) in [7, 11) is 1.97. The van der Waals surface area contributed by atoms with Crippen molar-refractivity contribution in [3.63, 3.8) is 0 Å². The second-order valence-electron chi connectivity index (χ2n) is 4.23. The number of benzene rings is 1. The van der Waals surface area contributed by atoms with Crippen molar-refractivity contribution in [2.24, 2.45) is 0 Å². The summed E-state index contributed by atoms with van der Waals surface area (Å²) in [6.07, 6.45) is 0.948. The van der Waals surface area contributed by atoms with Crippen molar-refractivity contribution in [2.45, 2.75) is 19.4 Å². The van der Waals surface area contributed by atoms with E-state index in [4.69, 9.17) is 14.2 Å². The van der Waals surface area contributed by atoms with E-state index in [9.17, 15) is 0 Å². The summed E-state index contributed by atoms with van der Waals surface area (Å²) in [6, 6.07) is 6.41. The lowest BCUT2D eigenvalue weighted by atomic mass is 10.0. The molecule has 1 N–H and O–H groups in total. The van der Waals surface area contributed by atoms with Gasteiger partial charge in [-0.25, -0.2) is 0 Å². The second kappa shape index (κ2) is 6.61. The molecule has 4 heteroatoms. The largest absolute Gasteiger partial charge is 0.486 e. The Kier molecular flexibility index (Phi) is 4.84. The van der Waals surface area contributed by atoms with Gasteiger partial charge in [-0.2, -0.15) is 0 Å². The fraction of sp³-hybridized carbons (Fsp3) is 0.571. The van der Waals surface area contributed by atoms with Crippen LogP contribution in [0.3, 0.4) is 0 Å². The van der Waals surface area contributed by atoms with Crippen LogP contribution in [0.5, 0.6) is 11.5 Å². The van der Waals surface area contributed by atoms with E-state index in [1.807, 2.05) is 20.0 Å². The summed E-state index contributed by atoms with van der Waals surface area (Å²) >= 11 is 0. The van der Waals surface area contributed by atoms with Crippen LogP contribution < -0.4 is 14.8 Å². The molecule has 1 aliphatic heterocycles. The molecule has 0 amide bonds. The average molecular weight is 251 g/mol. The van der Waals surface area contributed by atoms with E-state index in [0.29, 0.717) is 13.2 Å². The van der Waals surface area contributed by atoms with E-state index in [2.05, 4.69) is 17.4 Å². The predicted molar refractivity (Wildman–Crippen MR) is 70.3 cm³/mol. The van der Waals surface area contributed by atoms with Crippen LogP contribution in [-0.4, -0.2) is 33.5 Å². The van der Waals surface area contributed by atoms with Crippen LogP contribution in [0.1, 0.15) is 24.9 Å². The van der Waals surface area contributed by atoms with Crippen molar-refractivity contribution in [1.29, 1.82) is 0 Å². The van der Waals surface area contributed by atoms with E-state index in [0.717, 1.165) is 31.1 Å². The highest BCUT2D eigenvalue weighted by atomic mass is 16.6. The number of hydrogen-bond donors (Lipinski definition) is 1. The standard InChI is InChI=1S/C14H21NO3/c1-3-16-7-6-12(15-2)11-4-5-13-14(10-11)18-9-8-17-13/h4-5,10,12,15H,3,6-9H2,1-2H3. The number of fused-ring (bicyclic) bond motifs is 1. The molecule has 1 unspecified atom stereocenters. The van der Waals surface area contributed by atoms with Crippen LogP contribution in [-0.2, 0) is 4.74 Å². The molecule has 1 heterocycles. The quantitative estimate of drug-likeness (QED) is 0.786. The Balaban J connectivity index is 2.05. The molecule has 4 nitrogen and oxygen atoms in total. The van der Waals surface area contributed by atoms with Crippen LogP contribution >= 0.6 is 0 Å². The molecule has 1 aromatic rings. The highest BCUT2D eigenvalue weighted by molar-refractivity contribution is 5.44. The molecule has 2 rings (SSSR count). The van der Waals surface area contributed by atoms with Gasteiger partial charge in [0.05, 0.1) is 0 Å². The van der Waals surface area contributed by atoms with Gasteiger partial charge < -0.3 is 19.5 Å². The van der Waals surface area contributed by atoms with Crippen molar-refractivity contribution >= 4 is 0 Å². The van der Waals surface area contributed by atoms with E-state index in [1.54, 1.807) is 0 Å². The van der Waals surface area contributed by atoms with Gasteiger partial charge in [0.1, 0.15) is 13.2 Å². The van der Waals surface area contributed by atoms with Gasteiger partial charge in [-0.05, 0) is 38.1 Å². The molecule has 0 saturated heterocycles. The summed E-state index contributed by atoms with van der Waals surface area (Å²) in [6.45, 7) is 4.79. The minimum absolute atomic E-state index is 0.285. The third-order valence-electron chi connectivity index (χ3n) is 3.07. The van der Waals surface area contributed by atoms with Gasteiger partial charge in [-0.1, -0.05) is 6.07 Å². The number of ether oxygens (including phenoxy) is 3. The molecule has 0 fully saturated rings. The average Bonchev–Trinajstić information content (AvgIpc) is 2.43. The maximum atomic E-state index is 5.60. The molecule has 0 spiro atoms. The van der Waals surface area contributed by atoms with Gasteiger partial charge in [0.15, 0.2) is 11.5 Å². The van der Waals surface area contributed by atoms with Gasteiger partial charge in [-0.3, -0.25) is 0 Å². The lowest BCUT2D eigenvalue weighted by Gasteiger charge is -2.22. The molecular formula is C14H21NO3. The fourth-order valence-corrected chi connectivity index (χ4v) is 2.10. The normalized spacial score (nSPS) is 15.4. The lowest BCUT2D eigenvalue weighted by molar-refractivity contribution is 0.137. The van der Waals surface area contributed by atoms with E-state index >= 15 is 0 Å². The zero-order valence-electron chi connectivity index (χ0n) is 11.1. The third kappa shape index (κ3) is 3.15. The highest BCUT2D eigenvalue weighted by Crippen LogP contribution is 2.33. The highest BCUT2D eigenvalue weighted by Gasteiger charge is 2.15. The Morgan fingerprint density at radius 3 is 2.78 bits per heavy atom. The summed E-state index contributed by atoms with van der Waals surface area (Å²) in [5.74, 6) is 1.68. The van der Waals surface area contributed by atoms with Crippen molar-refractivity contribution in [3.8, 4) is 11.5 Å². The van der Waals surface area contributed by atoms with Crippen LogP contribution in [0, 0.1) is 0 Å². The summed E-state index contributed by atoms with van der Waals surface area (Å²) in [5.41, 5.74) is 1.21. The molecule has 100 valence electrons. The topological polar surface area (TPSA) is 39.7 Å². The smallest absolute Gasteiger partial charge is 0.161 e. The molecular weight excluding hydrogens is 230 g/mol. The molecule has 1 aromatic carbocycles. The van der Waals surface area contributed by atoms with E-state index in [1.165, 1.54) is 5.56 Å². The monoisotopic (exact) mass is 251 g/mol. The van der Waals surface area contributed by atoms with Crippen molar-refractivity contribution in [3.05, 3.63) is 23.8 Å². The first-order valence-electron chi connectivity index (χ1n) is 6.49. The van der Waals surface area contributed by atoms with Gasteiger partial charge in [-0.15, -0.1) is 0 Å². The van der Waals surface area contributed by atoms with Crippen LogP contribution in [0.15, 0.2) is 18.2 Å².